The predicted octanol–water partition coefficient (Wildman–Crippen LogP) is 4.47. The van der Waals surface area contributed by atoms with Crippen LogP contribution < -0.4 is 3.71 Å². The van der Waals surface area contributed by atoms with Gasteiger partial charge in [0.2, 0.25) is 26.0 Å². The summed E-state index contributed by atoms with van der Waals surface area (Å²) in [5.41, 5.74) is -5.36. The summed E-state index contributed by atoms with van der Waals surface area (Å²) in [6, 6.07) is 5.89. The van der Waals surface area contributed by atoms with Gasteiger partial charge in [0.15, 0.2) is 0 Å². The number of hydrogen-bond donors (Lipinski definition) is 0. The van der Waals surface area contributed by atoms with Gasteiger partial charge >= 0.3 is 12.4 Å². The second-order valence-corrected chi connectivity index (χ2v) is 13.5. The summed E-state index contributed by atoms with van der Waals surface area (Å²) in [5, 5.41) is 0. The van der Waals surface area contributed by atoms with Crippen LogP contribution in [0.5, 0.6) is 0 Å². The average Bonchev–Trinajstić information content (AvgIpc) is 2.80. The zero-order valence-corrected chi connectivity index (χ0v) is 23.2. The second kappa shape index (κ2) is 11.6. The fourth-order valence-corrected chi connectivity index (χ4v) is 7.87. The molecule has 0 unspecified atom stereocenters. The van der Waals surface area contributed by atoms with Gasteiger partial charge in [0.05, 0.1) is 42.5 Å². The van der Waals surface area contributed by atoms with Crippen molar-refractivity contribution in [2.45, 2.75) is 22.1 Å². The molecule has 0 bridgehead atoms. The number of benzene rings is 2. The minimum atomic E-state index is -5.49. The quantitative estimate of drug-likeness (QED) is 0.328. The number of carbonyl (C=O) groups excluding carboxylic acids is 1. The van der Waals surface area contributed by atoms with Crippen LogP contribution >= 0.6 is 11.8 Å². The summed E-state index contributed by atoms with van der Waals surface area (Å²) in [6.07, 6.45) is -8.34. The van der Waals surface area contributed by atoms with Crippen molar-refractivity contribution in [1.82, 2.24) is 4.90 Å². The first kappa shape index (κ1) is 31.8. The molecule has 0 saturated carbocycles. The van der Waals surface area contributed by atoms with Crippen molar-refractivity contribution in [3.8, 4) is 0 Å². The van der Waals surface area contributed by atoms with Crippen LogP contribution in [0.1, 0.15) is 16.7 Å². The van der Waals surface area contributed by atoms with Gasteiger partial charge in [0.25, 0.3) is 0 Å². The van der Waals surface area contributed by atoms with Crippen LogP contribution in [0.15, 0.2) is 52.3 Å². The third kappa shape index (κ3) is 7.70. The van der Waals surface area contributed by atoms with Crippen molar-refractivity contribution < 1.29 is 52.7 Å². The maximum Gasteiger partial charge on any atom is 0.418 e. The van der Waals surface area contributed by atoms with Gasteiger partial charge in [-0.3, -0.25) is 4.79 Å². The van der Waals surface area contributed by atoms with Crippen molar-refractivity contribution in [3.63, 3.8) is 0 Å². The van der Waals surface area contributed by atoms with Gasteiger partial charge in [-0.05, 0) is 35.9 Å². The number of nitrogens with zero attached hydrogens (tertiary/aromatic N) is 2. The SMILES string of the molecule is CS(=O)(=O)N(c1cccc(Sc2ccc(C=CC(=O)N3CCOCC3)c(C(F)(F)F)c2C(F)(F)F)c1)S(C)(=O)=O. The van der Waals surface area contributed by atoms with E-state index in [1.165, 1.54) is 11.0 Å². The molecule has 0 aliphatic carbocycles. The van der Waals surface area contributed by atoms with Crippen LogP contribution in [0.4, 0.5) is 32.0 Å². The van der Waals surface area contributed by atoms with Gasteiger partial charge in [-0.1, -0.05) is 23.9 Å². The number of rotatable bonds is 7. The highest BCUT2D eigenvalue weighted by molar-refractivity contribution is 8.09. The van der Waals surface area contributed by atoms with Crippen molar-refractivity contribution in [2.24, 2.45) is 0 Å². The van der Waals surface area contributed by atoms with E-state index in [0.717, 1.165) is 36.4 Å². The summed E-state index contributed by atoms with van der Waals surface area (Å²) in [6.45, 7) is 0.775. The molecule has 40 heavy (non-hydrogen) atoms. The molecule has 3 rings (SSSR count). The monoisotopic (exact) mass is 632 g/mol. The maximum absolute atomic E-state index is 14.1. The number of morpholine rings is 1. The molecule has 1 aliphatic heterocycles. The Morgan fingerprint density at radius 3 is 2.02 bits per heavy atom. The van der Waals surface area contributed by atoms with E-state index in [-0.39, 0.29) is 46.7 Å². The number of halogens is 6. The average molecular weight is 633 g/mol. The molecule has 0 aromatic heterocycles. The molecule has 0 N–H and O–H groups in total. The van der Waals surface area contributed by atoms with Crippen molar-refractivity contribution in [3.05, 3.63) is 59.2 Å². The smallest absolute Gasteiger partial charge is 0.378 e. The Morgan fingerprint density at radius 2 is 1.50 bits per heavy atom. The van der Waals surface area contributed by atoms with Crippen molar-refractivity contribution in [1.29, 1.82) is 0 Å². The summed E-state index contributed by atoms with van der Waals surface area (Å²) < 4.78 is 138. The van der Waals surface area contributed by atoms with E-state index >= 15 is 0 Å². The molecule has 220 valence electrons. The molecular formula is C23H22F6N2O6S3. The number of hydrogen-bond acceptors (Lipinski definition) is 7. The Bertz CT molecular complexity index is 1480. The van der Waals surface area contributed by atoms with E-state index in [9.17, 15) is 48.0 Å². The molecular weight excluding hydrogens is 610 g/mol. The van der Waals surface area contributed by atoms with Crippen LogP contribution in [-0.2, 0) is 41.9 Å². The number of carbonyl (C=O) groups is 1. The molecule has 2 aromatic rings. The van der Waals surface area contributed by atoms with E-state index in [0.29, 0.717) is 18.6 Å². The molecule has 1 aliphatic rings. The third-order valence-corrected chi connectivity index (χ3v) is 9.65. The lowest BCUT2D eigenvalue weighted by atomic mass is 9.99. The molecule has 1 fully saturated rings. The topological polar surface area (TPSA) is 101 Å². The Balaban J connectivity index is 2.11. The highest BCUT2D eigenvalue weighted by Crippen LogP contribution is 2.48. The van der Waals surface area contributed by atoms with Crippen LogP contribution in [0.2, 0.25) is 0 Å². The van der Waals surface area contributed by atoms with E-state index in [2.05, 4.69) is 0 Å². The fourth-order valence-electron chi connectivity index (χ4n) is 3.88. The summed E-state index contributed by atoms with van der Waals surface area (Å²) in [7, 11) is -8.78. The molecule has 17 heteroatoms. The van der Waals surface area contributed by atoms with Gasteiger partial charge < -0.3 is 9.64 Å². The van der Waals surface area contributed by atoms with Crippen LogP contribution in [0, 0.1) is 0 Å². The molecule has 0 atom stereocenters. The fraction of sp³-hybridized carbons (Fsp3) is 0.348. The Kier molecular flexibility index (Phi) is 9.23. The van der Waals surface area contributed by atoms with Crippen LogP contribution in [-0.4, -0.2) is 66.5 Å². The zero-order valence-electron chi connectivity index (χ0n) is 20.8. The standard InChI is InChI=1S/C23H22F6N2O6S3/c1-39(33,34)31(40(2,35)36)16-4-3-5-17(14-16)38-18-8-6-15(7-9-19(32)30-10-12-37-13-11-30)20(22(24,25)26)21(18)23(27,28)29/h3-9,14H,10-13H2,1-2H3. The summed E-state index contributed by atoms with van der Waals surface area (Å²) in [5.74, 6) is -0.693. The summed E-state index contributed by atoms with van der Waals surface area (Å²) >= 11 is 0.231. The molecule has 0 spiro atoms. The normalized spacial score (nSPS) is 15.4. The predicted molar refractivity (Wildman–Crippen MR) is 136 cm³/mol. The number of anilines is 1. The molecule has 2 aromatic carbocycles. The minimum absolute atomic E-state index is 0.0508. The molecule has 0 radical (unpaired) electrons. The van der Waals surface area contributed by atoms with E-state index in [1.54, 1.807) is 0 Å². The number of amides is 1. The van der Waals surface area contributed by atoms with E-state index in [4.69, 9.17) is 4.74 Å². The van der Waals surface area contributed by atoms with Gasteiger partial charge in [-0.15, -0.1) is 0 Å². The lowest BCUT2D eigenvalue weighted by Crippen LogP contribution is -2.39. The lowest BCUT2D eigenvalue weighted by Gasteiger charge is -2.25. The van der Waals surface area contributed by atoms with Crippen LogP contribution in [0.25, 0.3) is 6.08 Å². The first-order chi connectivity index (χ1) is 18.3. The van der Waals surface area contributed by atoms with Gasteiger partial charge in [0, 0.05) is 29.0 Å². The molecule has 1 amide bonds. The van der Waals surface area contributed by atoms with Gasteiger partial charge in [-0.2, -0.15) is 30.1 Å². The largest absolute Gasteiger partial charge is 0.418 e. The highest BCUT2D eigenvalue weighted by Gasteiger charge is 2.46. The van der Waals surface area contributed by atoms with Gasteiger partial charge in [-0.25, -0.2) is 16.8 Å². The van der Waals surface area contributed by atoms with E-state index in [1.807, 2.05) is 0 Å². The zero-order chi connectivity index (χ0) is 30.1. The van der Waals surface area contributed by atoms with Crippen molar-refractivity contribution in [2.75, 3.05) is 42.5 Å². The van der Waals surface area contributed by atoms with Crippen LogP contribution in [0.3, 0.4) is 0 Å². The summed E-state index contributed by atoms with van der Waals surface area (Å²) in [4.78, 5) is 12.6. The minimum Gasteiger partial charge on any atom is -0.378 e. The first-order valence-corrected chi connectivity index (χ1v) is 15.7. The molecule has 8 nitrogen and oxygen atoms in total. The number of sulfonamides is 2. The Morgan fingerprint density at radius 1 is 0.925 bits per heavy atom. The van der Waals surface area contributed by atoms with Crippen molar-refractivity contribution >= 4 is 49.5 Å². The lowest BCUT2D eigenvalue weighted by molar-refractivity contribution is -0.163. The second-order valence-electron chi connectivity index (χ2n) is 8.49. The number of ether oxygens (including phenoxy) is 1. The third-order valence-electron chi connectivity index (χ3n) is 5.35. The Hall–Kier alpha value is -2.76. The maximum atomic E-state index is 14.1. The van der Waals surface area contributed by atoms with Gasteiger partial charge in [0.1, 0.15) is 0 Å². The first-order valence-electron chi connectivity index (χ1n) is 11.1. The van der Waals surface area contributed by atoms with E-state index < -0.39 is 65.6 Å². The molecule has 1 heterocycles. The number of alkyl halides is 6. The highest BCUT2D eigenvalue weighted by atomic mass is 32.3. The molecule has 1 saturated heterocycles. The Labute approximate surface area is 230 Å².